The molecule has 2 rings (SSSR count). The molecular formula is C27H44O. The van der Waals surface area contributed by atoms with Gasteiger partial charge in [0.25, 0.3) is 0 Å². The van der Waals surface area contributed by atoms with Crippen LogP contribution in [0.1, 0.15) is 108 Å². The molecule has 0 radical (unpaired) electrons. The summed E-state index contributed by atoms with van der Waals surface area (Å²) in [4.78, 5) is 0. The standard InChI is InChI=1S/C27H44O/c1-2-3-4-5-6-10-16-24-21-15-22-25(24)17-11-7-8-12-20-27(23-28)26-18-13-9-14-19-26/h9-10,13-14,16,18-19,24-25,27-28H,2-8,11-12,15,17,20-23H2,1H3/b16-10+/t24-,25-,27?/m0/s1. The van der Waals surface area contributed by atoms with Gasteiger partial charge < -0.3 is 5.11 Å². The van der Waals surface area contributed by atoms with Crippen LogP contribution >= 0.6 is 0 Å². The average molecular weight is 385 g/mol. The zero-order valence-corrected chi connectivity index (χ0v) is 18.3. The summed E-state index contributed by atoms with van der Waals surface area (Å²) >= 11 is 0. The minimum Gasteiger partial charge on any atom is -0.396 e. The maximum absolute atomic E-state index is 9.68. The van der Waals surface area contributed by atoms with Crippen molar-refractivity contribution in [2.75, 3.05) is 6.61 Å². The summed E-state index contributed by atoms with van der Waals surface area (Å²) in [5.41, 5.74) is 1.29. The van der Waals surface area contributed by atoms with Crippen molar-refractivity contribution in [3.63, 3.8) is 0 Å². The molecule has 1 unspecified atom stereocenters. The van der Waals surface area contributed by atoms with Gasteiger partial charge in [-0.1, -0.05) is 101 Å². The fourth-order valence-electron chi connectivity index (χ4n) is 4.88. The highest BCUT2D eigenvalue weighted by molar-refractivity contribution is 5.19. The number of allylic oxidation sites excluding steroid dienone is 2. The zero-order chi connectivity index (χ0) is 19.9. The van der Waals surface area contributed by atoms with Gasteiger partial charge in [0.1, 0.15) is 0 Å². The molecule has 1 saturated carbocycles. The van der Waals surface area contributed by atoms with E-state index in [1.807, 2.05) is 0 Å². The van der Waals surface area contributed by atoms with Crippen LogP contribution in [-0.2, 0) is 0 Å². The van der Waals surface area contributed by atoms with Crippen molar-refractivity contribution >= 4 is 0 Å². The van der Waals surface area contributed by atoms with E-state index in [1.165, 1.54) is 89.0 Å². The molecule has 1 aromatic rings. The third-order valence-corrected chi connectivity index (χ3v) is 6.69. The second-order valence-electron chi connectivity index (χ2n) is 8.91. The van der Waals surface area contributed by atoms with E-state index in [-0.39, 0.29) is 6.61 Å². The van der Waals surface area contributed by atoms with Crippen molar-refractivity contribution in [1.29, 1.82) is 0 Å². The summed E-state index contributed by atoms with van der Waals surface area (Å²) in [5, 5.41) is 9.68. The first kappa shape index (κ1) is 23.2. The second-order valence-corrected chi connectivity index (χ2v) is 8.91. The molecule has 1 nitrogen and oxygen atoms in total. The van der Waals surface area contributed by atoms with E-state index < -0.39 is 0 Å². The summed E-state index contributed by atoms with van der Waals surface area (Å²) < 4.78 is 0. The SMILES string of the molecule is CCCCCC/C=C/[C@H]1CCC[C@@H]1CCCCCCC(CO)c1ccccc1. The Balaban J connectivity index is 1.55. The van der Waals surface area contributed by atoms with Crippen LogP contribution in [0.4, 0.5) is 0 Å². The van der Waals surface area contributed by atoms with E-state index in [2.05, 4.69) is 49.4 Å². The quantitative estimate of drug-likeness (QED) is 0.239. The molecule has 0 amide bonds. The summed E-state index contributed by atoms with van der Waals surface area (Å²) in [5.74, 6) is 2.13. The summed E-state index contributed by atoms with van der Waals surface area (Å²) in [7, 11) is 0. The van der Waals surface area contributed by atoms with E-state index in [0.717, 1.165) is 18.3 Å². The average Bonchev–Trinajstić information content (AvgIpc) is 3.18. The largest absolute Gasteiger partial charge is 0.396 e. The van der Waals surface area contributed by atoms with Crippen LogP contribution < -0.4 is 0 Å². The number of aliphatic hydroxyl groups excluding tert-OH is 1. The van der Waals surface area contributed by atoms with Crippen LogP contribution in [-0.4, -0.2) is 11.7 Å². The lowest BCUT2D eigenvalue weighted by atomic mass is 9.89. The molecule has 3 atom stereocenters. The summed E-state index contributed by atoms with van der Waals surface area (Å²) in [6, 6.07) is 10.5. The molecule has 1 aromatic carbocycles. The van der Waals surface area contributed by atoms with Crippen molar-refractivity contribution in [1.82, 2.24) is 0 Å². The Labute approximate surface area is 174 Å². The molecule has 28 heavy (non-hydrogen) atoms. The number of aliphatic hydroxyl groups is 1. The molecule has 0 saturated heterocycles. The summed E-state index contributed by atoms with van der Waals surface area (Å²) in [6.45, 7) is 2.56. The van der Waals surface area contributed by atoms with Crippen LogP contribution in [0.5, 0.6) is 0 Å². The van der Waals surface area contributed by atoms with Crippen LogP contribution in [0.2, 0.25) is 0 Å². The van der Waals surface area contributed by atoms with Crippen LogP contribution in [0, 0.1) is 11.8 Å². The molecule has 1 N–H and O–H groups in total. The van der Waals surface area contributed by atoms with Crippen LogP contribution in [0.3, 0.4) is 0 Å². The lowest BCUT2D eigenvalue weighted by Gasteiger charge is -2.17. The predicted octanol–water partition coefficient (Wildman–Crippen LogP) is 8.05. The van der Waals surface area contributed by atoms with Gasteiger partial charge in [-0.25, -0.2) is 0 Å². The summed E-state index contributed by atoms with van der Waals surface area (Å²) in [6.07, 6.45) is 24.0. The molecule has 1 heteroatoms. The van der Waals surface area contributed by atoms with Gasteiger partial charge in [-0.15, -0.1) is 0 Å². The Hall–Kier alpha value is -1.08. The van der Waals surface area contributed by atoms with Gasteiger partial charge in [0.05, 0.1) is 0 Å². The van der Waals surface area contributed by atoms with Crippen molar-refractivity contribution in [3.8, 4) is 0 Å². The zero-order valence-electron chi connectivity index (χ0n) is 18.3. The topological polar surface area (TPSA) is 20.2 Å². The predicted molar refractivity (Wildman–Crippen MR) is 123 cm³/mol. The smallest absolute Gasteiger partial charge is 0.0499 e. The first-order valence-corrected chi connectivity index (χ1v) is 12.2. The Morgan fingerprint density at radius 2 is 1.75 bits per heavy atom. The number of rotatable bonds is 15. The van der Waals surface area contributed by atoms with E-state index in [0.29, 0.717) is 5.92 Å². The highest BCUT2D eigenvalue weighted by Gasteiger charge is 2.24. The highest BCUT2D eigenvalue weighted by atomic mass is 16.3. The van der Waals surface area contributed by atoms with Crippen molar-refractivity contribution in [2.45, 2.75) is 103 Å². The van der Waals surface area contributed by atoms with E-state index >= 15 is 0 Å². The number of unbranched alkanes of at least 4 members (excludes halogenated alkanes) is 7. The lowest BCUT2D eigenvalue weighted by molar-refractivity contribution is 0.256. The maximum atomic E-state index is 9.68. The molecule has 0 heterocycles. The van der Waals surface area contributed by atoms with Gasteiger partial charge in [-0.2, -0.15) is 0 Å². The van der Waals surface area contributed by atoms with E-state index in [1.54, 1.807) is 0 Å². The van der Waals surface area contributed by atoms with Gasteiger partial charge in [0, 0.05) is 12.5 Å². The molecule has 0 aliphatic heterocycles. The van der Waals surface area contributed by atoms with Gasteiger partial charge in [-0.3, -0.25) is 0 Å². The monoisotopic (exact) mass is 384 g/mol. The molecule has 1 fully saturated rings. The van der Waals surface area contributed by atoms with Gasteiger partial charge in [0.15, 0.2) is 0 Å². The Morgan fingerprint density at radius 3 is 2.54 bits per heavy atom. The third kappa shape index (κ3) is 8.95. The normalized spacial score (nSPS) is 20.8. The first-order chi connectivity index (χ1) is 13.8. The van der Waals surface area contributed by atoms with Crippen molar-refractivity contribution in [3.05, 3.63) is 48.0 Å². The Morgan fingerprint density at radius 1 is 0.964 bits per heavy atom. The third-order valence-electron chi connectivity index (χ3n) is 6.69. The Bertz CT molecular complexity index is 506. The van der Waals surface area contributed by atoms with E-state index in [9.17, 15) is 5.11 Å². The molecule has 1 aliphatic rings. The van der Waals surface area contributed by atoms with Crippen LogP contribution in [0.25, 0.3) is 0 Å². The van der Waals surface area contributed by atoms with Gasteiger partial charge in [-0.05, 0) is 55.9 Å². The fourth-order valence-corrected chi connectivity index (χ4v) is 4.88. The molecule has 158 valence electrons. The Kier molecular flexibility index (Phi) is 12.3. The maximum Gasteiger partial charge on any atom is 0.0499 e. The lowest BCUT2D eigenvalue weighted by Crippen LogP contribution is -2.05. The molecular weight excluding hydrogens is 340 g/mol. The number of hydrogen-bond acceptors (Lipinski definition) is 1. The number of benzene rings is 1. The second kappa shape index (κ2) is 14.9. The van der Waals surface area contributed by atoms with Gasteiger partial charge >= 0.3 is 0 Å². The first-order valence-electron chi connectivity index (χ1n) is 12.2. The minimum absolute atomic E-state index is 0.276. The molecule has 1 aliphatic carbocycles. The molecule has 0 aromatic heterocycles. The molecule has 0 bridgehead atoms. The fraction of sp³-hybridized carbons (Fsp3) is 0.704. The van der Waals surface area contributed by atoms with Gasteiger partial charge in [0.2, 0.25) is 0 Å². The minimum atomic E-state index is 0.276. The van der Waals surface area contributed by atoms with Crippen molar-refractivity contribution < 1.29 is 5.11 Å². The molecule has 0 spiro atoms. The van der Waals surface area contributed by atoms with Crippen molar-refractivity contribution in [2.24, 2.45) is 11.8 Å². The van der Waals surface area contributed by atoms with Crippen LogP contribution in [0.15, 0.2) is 42.5 Å². The van der Waals surface area contributed by atoms with E-state index in [4.69, 9.17) is 0 Å². The highest BCUT2D eigenvalue weighted by Crippen LogP contribution is 2.36. The number of hydrogen-bond donors (Lipinski definition) is 1.